The van der Waals surface area contributed by atoms with E-state index in [1.807, 2.05) is 6.92 Å². The van der Waals surface area contributed by atoms with Gasteiger partial charge in [0, 0.05) is 7.78 Å². The normalized spacial score (nSPS) is 15.7. The van der Waals surface area contributed by atoms with Crippen LogP contribution in [0.4, 0.5) is 0 Å². The Hall–Kier alpha value is 0.540. The lowest BCUT2D eigenvalue weighted by molar-refractivity contribution is 0.457. The number of hydrogen-bond donors (Lipinski definition) is 0. The molecule has 0 radical (unpaired) electrons. The first-order valence-corrected chi connectivity index (χ1v) is 5.01. The largest absolute Gasteiger partial charge is 0.291 e. The van der Waals surface area contributed by atoms with Crippen molar-refractivity contribution in [3.8, 4) is 0 Å². The zero-order valence-corrected chi connectivity index (χ0v) is 6.25. The van der Waals surface area contributed by atoms with E-state index in [4.69, 9.17) is 0 Å². The van der Waals surface area contributed by atoms with Crippen LogP contribution in [0.25, 0.3) is 0 Å². The molecule has 2 unspecified atom stereocenters. The van der Waals surface area contributed by atoms with Gasteiger partial charge in [0.2, 0.25) is 0 Å². The highest BCUT2D eigenvalue weighted by Crippen LogP contribution is 2.14. The fraction of sp³-hybridized carbons (Fsp3) is 1.00. The minimum Gasteiger partial charge on any atom is -0.291 e. The molecule has 0 spiro atoms. The highest BCUT2D eigenvalue weighted by atomic mass is 32.7. The van der Waals surface area contributed by atoms with Crippen molar-refractivity contribution >= 4 is 18.5 Å². The predicted molar refractivity (Wildman–Crippen MR) is 34.0 cm³/mol. The predicted octanol–water partition coefficient (Wildman–Crippen LogP) is 0.910. The molecule has 0 aliphatic carbocycles. The summed E-state index contributed by atoms with van der Waals surface area (Å²) in [6, 6.07) is 0. The zero-order valence-electron chi connectivity index (χ0n) is 4.43. The second-order valence-electron chi connectivity index (χ2n) is 0.899. The summed E-state index contributed by atoms with van der Waals surface area (Å²) in [5, 5.41) is 0. The Morgan fingerprint density at radius 2 is 2.43 bits per heavy atom. The molecule has 0 aromatic carbocycles. The average Bonchev–Trinajstić information content (AvgIpc) is 1.68. The van der Waals surface area contributed by atoms with Gasteiger partial charge in [-0.1, -0.05) is 6.92 Å². The minimum absolute atomic E-state index is 0.439. The summed E-state index contributed by atoms with van der Waals surface area (Å²) < 4.78 is 14.8. The van der Waals surface area contributed by atoms with Crippen LogP contribution in [0.3, 0.4) is 0 Å². The molecule has 0 N–H and O–H groups in total. The molecule has 0 aromatic heterocycles. The van der Waals surface area contributed by atoms with Gasteiger partial charge in [-0.05, 0) is 6.16 Å². The topological polar surface area (TPSA) is 26.3 Å². The Kier molecular flexibility index (Phi) is 5.05. The molecule has 0 bridgehead atoms. The van der Waals surface area contributed by atoms with Gasteiger partial charge in [0.15, 0.2) is 10.7 Å². The van der Waals surface area contributed by atoms with Crippen LogP contribution in [0.5, 0.6) is 0 Å². The van der Waals surface area contributed by atoms with Gasteiger partial charge in [-0.25, -0.2) is 4.21 Å². The molecular weight excluding hydrogens is 131 g/mol. The van der Waals surface area contributed by atoms with Crippen molar-refractivity contribution in [3.63, 3.8) is 0 Å². The van der Waals surface area contributed by atoms with Gasteiger partial charge in [-0.3, -0.25) is 4.18 Å². The molecule has 0 saturated carbocycles. The smallest absolute Gasteiger partial charge is 0.173 e. The van der Waals surface area contributed by atoms with E-state index >= 15 is 0 Å². The van der Waals surface area contributed by atoms with Crippen LogP contribution >= 0.6 is 7.78 Å². The Balaban J connectivity index is 3.00. The first-order valence-electron chi connectivity index (χ1n) is 2.01. The summed E-state index contributed by atoms with van der Waals surface area (Å²) in [5.41, 5.74) is 0. The summed E-state index contributed by atoms with van der Waals surface area (Å²) in [6.07, 6.45) is 0.945. The van der Waals surface area contributed by atoms with Crippen molar-refractivity contribution in [3.05, 3.63) is 0 Å². The van der Waals surface area contributed by atoms with Crippen molar-refractivity contribution in [2.24, 2.45) is 0 Å². The van der Waals surface area contributed by atoms with Gasteiger partial charge in [0.25, 0.3) is 0 Å². The standard InChI is InChI=1S/C3H9O2PS/c1-3-6-7(4)5-2/h6H,3H2,1-2H3. The molecule has 0 amide bonds. The zero-order chi connectivity index (χ0) is 5.70. The molecular formula is C3H9O2PS. The molecule has 2 nitrogen and oxygen atoms in total. The van der Waals surface area contributed by atoms with E-state index in [0.29, 0.717) is 7.78 Å². The summed E-state index contributed by atoms with van der Waals surface area (Å²) >= 11 is 0. The van der Waals surface area contributed by atoms with E-state index in [9.17, 15) is 4.21 Å². The van der Waals surface area contributed by atoms with Gasteiger partial charge in [0.05, 0.1) is 7.11 Å². The fourth-order valence-corrected chi connectivity index (χ4v) is 1.59. The van der Waals surface area contributed by atoms with Crippen LogP contribution in [0.2, 0.25) is 0 Å². The third-order valence-corrected chi connectivity index (χ3v) is 3.31. The van der Waals surface area contributed by atoms with E-state index in [-0.39, 0.29) is 0 Å². The maximum atomic E-state index is 10.3. The minimum atomic E-state index is -0.999. The van der Waals surface area contributed by atoms with E-state index in [2.05, 4.69) is 4.18 Å². The highest BCUT2D eigenvalue weighted by Gasteiger charge is 1.89. The molecule has 0 fully saturated rings. The summed E-state index contributed by atoms with van der Waals surface area (Å²) in [4.78, 5) is 0. The Bertz CT molecular complexity index is 66.0. The molecule has 7 heavy (non-hydrogen) atoms. The molecule has 0 aromatic rings. The number of hydrogen-bond acceptors (Lipinski definition) is 2. The van der Waals surface area contributed by atoms with Gasteiger partial charge in [-0.2, -0.15) is 0 Å². The quantitative estimate of drug-likeness (QED) is 0.544. The number of rotatable bonds is 3. The van der Waals surface area contributed by atoms with E-state index < -0.39 is 10.7 Å². The third-order valence-electron chi connectivity index (χ3n) is 0.414. The highest BCUT2D eigenvalue weighted by molar-refractivity contribution is 8.37. The van der Waals surface area contributed by atoms with Gasteiger partial charge in [0.1, 0.15) is 0 Å². The van der Waals surface area contributed by atoms with Crippen LogP contribution in [-0.4, -0.2) is 17.5 Å². The van der Waals surface area contributed by atoms with Gasteiger partial charge >= 0.3 is 0 Å². The summed E-state index contributed by atoms with van der Waals surface area (Å²) in [6.45, 7) is 1.98. The van der Waals surface area contributed by atoms with E-state index in [1.54, 1.807) is 0 Å². The molecule has 0 aliphatic rings. The van der Waals surface area contributed by atoms with E-state index in [0.717, 1.165) is 6.16 Å². The van der Waals surface area contributed by atoms with Crippen LogP contribution in [0.1, 0.15) is 6.92 Å². The molecule has 0 heterocycles. The summed E-state index contributed by atoms with van der Waals surface area (Å²) in [7, 11) is 0.897. The molecule has 44 valence electrons. The molecule has 0 aliphatic heterocycles. The lowest BCUT2D eigenvalue weighted by Crippen LogP contribution is -1.81. The van der Waals surface area contributed by atoms with Crippen LogP contribution in [0.15, 0.2) is 0 Å². The lowest BCUT2D eigenvalue weighted by atomic mass is 11.0. The van der Waals surface area contributed by atoms with Crippen molar-refractivity contribution in [2.45, 2.75) is 6.92 Å². The molecule has 0 saturated heterocycles. The Morgan fingerprint density at radius 1 is 1.86 bits per heavy atom. The SMILES string of the molecule is CCPS(=O)OC. The molecule has 0 rings (SSSR count). The first-order chi connectivity index (χ1) is 3.31. The maximum Gasteiger partial charge on any atom is 0.173 e. The molecule has 2 atom stereocenters. The summed E-state index contributed by atoms with van der Waals surface area (Å²) in [5.74, 6) is 0. The van der Waals surface area contributed by atoms with Crippen molar-refractivity contribution in [2.75, 3.05) is 13.3 Å². The van der Waals surface area contributed by atoms with Crippen molar-refractivity contribution < 1.29 is 8.39 Å². The molecule has 4 heteroatoms. The Morgan fingerprint density at radius 3 is 2.57 bits per heavy atom. The Labute approximate surface area is 47.8 Å². The lowest BCUT2D eigenvalue weighted by Gasteiger charge is -1.90. The van der Waals surface area contributed by atoms with Crippen LogP contribution < -0.4 is 0 Å². The first kappa shape index (κ1) is 7.54. The monoisotopic (exact) mass is 140 g/mol. The third kappa shape index (κ3) is 4.39. The van der Waals surface area contributed by atoms with Crippen LogP contribution in [-0.2, 0) is 14.9 Å². The fourth-order valence-electron chi connectivity index (χ4n) is 0.177. The van der Waals surface area contributed by atoms with Gasteiger partial charge in [-0.15, -0.1) is 0 Å². The second kappa shape index (κ2) is 4.69. The van der Waals surface area contributed by atoms with Crippen LogP contribution in [0, 0.1) is 0 Å². The maximum absolute atomic E-state index is 10.3. The van der Waals surface area contributed by atoms with Gasteiger partial charge < -0.3 is 0 Å². The van der Waals surface area contributed by atoms with E-state index in [1.165, 1.54) is 7.11 Å². The second-order valence-corrected chi connectivity index (χ2v) is 4.56. The average molecular weight is 140 g/mol. The van der Waals surface area contributed by atoms with Crippen molar-refractivity contribution in [1.82, 2.24) is 0 Å². The van der Waals surface area contributed by atoms with Crippen molar-refractivity contribution in [1.29, 1.82) is 0 Å².